The third kappa shape index (κ3) is 4.38. The van der Waals surface area contributed by atoms with Gasteiger partial charge in [0.05, 0.1) is 30.3 Å². The largest absolute Gasteiger partial charge is 0.383 e. The minimum atomic E-state index is 0.110. The van der Waals surface area contributed by atoms with E-state index in [4.69, 9.17) is 15.3 Å². The normalized spacial score (nSPS) is 15.8. The van der Waals surface area contributed by atoms with Gasteiger partial charge >= 0.3 is 0 Å². The van der Waals surface area contributed by atoms with E-state index in [-0.39, 0.29) is 5.92 Å². The highest BCUT2D eigenvalue weighted by molar-refractivity contribution is 5.79. The van der Waals surface area contributed by atoms with Gasteiger partial charge in [-0.05, 0) is 35.9 Å². The summed E-state index contributed by atoms with van der Waals surface area (Å²) in [5.74, 6) is 0.714. The van der Waals surface area contributed by atoms with E-state index in [2.05, 4.69) is 26.6 Å². The van der Waals surface area contributed by atoms with Gasteiger partial charge in [0.15, 0.2) is 5.82 Å². The molecule has 1 aliphatic rings. The third-order valence-electron chi connectivity index (χ3n) is 4.89. The first-order valence-electron chi connectivity index (χ1n) is 9.51. The first-order chi connectivity index (χ1) is 14.3. The molecule has 0 aliphatic carbocycles. The van der Waals surface area contributed by atoms with Crippen LogP contribution in [0.5, 0.6) is 0 Å². The van der Waals surface area contributed by atoms with Crippen molar-refractivity contribution < 1.29 is 4.74 Å². The fourth-order valence-electron chi connectivity index (χ4n) is 3.33. The van der Waals surface area contributed by atoms with Gasteiger partial charge in [-0.2, -0.15) is 10.2 Å². The molecule has 2 N–H and O–H groups in total. The van der Waals surface area contributed by atoms with Gasteiger partial charge in [-0.15, -0.1) is 0 Å². The predicted molar refractivity (Wildman–Crippen MR) is 113 cm³/mol. The van der Waals surface area contributed by atoms with Crippen LogP contribution in [0.3, 0.4) is 0 Å². The van der Waals surface area contributed by atoms with Crippen molar-refractivity contribution in [3.8, 4) is 0 Å². The Morgan fingerprint density at radius 2 is 2.21 bits per heavy atom. The minimum Gasteiger partial charge on any atom is -0.383 e. The van der Waals surface area contributed by atoms with Crippen LogP contribution in [0.2, 0.25) is 0 Å². The summed E-state index contributed by atoms with van der Waals surface area (Å²) in [6.45, 7) is 2.75. The number of pyridine rings is 2. The van der Waals surface area contributed by atoms with E-state index >= 15 is 0 Å². The molecule has 8 nitrogen and oxygen atoms in total. The number of rotatable bonds is 8. The smallest absolute Gasteiger partial charge is 0.154 e. The van der Waals surface area contributed by atoms with Crippen molar-refractivity contribution in [1.82, 2.24) is 15.0 Å². The lowest BCUT2D eigenvalue weighted by Gasteiger charge is -2.16. The first-order valence-corrected chi connectivity index (χ1v) is 9.51. The van der Waals surface area contributed by atoms with Gasteiger partial charge in [-0.3, -0.25) is 9.99 Å². The van der Waals surface area contributed by atoms with Crippen LogP contribution in [0.15, 0.2) is 58.9 Å². The SMILES string of the molecule is COCCN1CC(c2ccc(N=N)c(NCc3ccc4ncccc4c3)n2)C=N1. The molecule has 0 radical (unpaired) electrons. The van der Waals surface area contributed by atoms with Crippen molar-refractivity contribution in [3.05, 3.63) is 59.9 Å². The molecular weight excluding hydrogens is 366 g/mol. The summed E-state index contributed by atoms with van der Waals surface area (Å²) in [5.41, 5.74) is 11.0. The molecule has 1 aliphatic heterocycles. The molecule has 0 fully saturated rings. The van der Waals surface area contributed by atoms with Crippen LogP contribution in [0.4, 0.5) is 11.5 Å². The van der Waals surface area contributed by atoms with Crippen molar-refractivity contribution in [3.63, 3.8) is 0 Å². The first kappa shape index (κ1) is 18.9. The summed E-state index contributed by atoms with van der Waals surface area (Å²) in [6, 6.07) is 13.9. The van der Waals surface area contributed by atoms with Crippen LogP contribution in [0, 0.1) is 5.53 Å². The summed E-state index contributed by atoms with van der Waals surface area (Å²) in [7, 11) is 1.69. The maximum Gasteiger partial charge on any atom is 0.154 e. The van der Waals surface area contributed by atoms with Crippen molar-refractivity contribution >= 4 is 28.6 Å². The minimum absolute atomic E-state index is 0.110. The van der Waals surface area contributed by atoms with Crippen molar-refractivity contribution in [2.45, 2.75) is 12.5 Å². The number of hydrogen-bond donors (Lipinski definition) is 2. The van der Waals surface area contributed by atoms with E-state index in [1.807, 2.05) is 47.6 Å². The fraction of sp³-hybridized carbons (Fsp3) is 0.286. The standard InChI is InChI=1S/C21H23N7O/c1-29-10-9-28-14-17(13-25-28)19-6-7-20(27-22)21(26-19)24-12-15-4-5-18-16(11-15)3-2-8-23-18/h2-8,11,13,17,22H,9-10,12,14H2,1H3,(H,24,26). The number of fused-ring (bicyclic) bond motifs is 1. The number of methoxy groups -OCH3 is 1. The lowest BCUT2D eigenvalue weighted by atomic mass is 10.1. The quantitative estimate of drug-likeness (QED) is 0.569. The number of aromatic nitrogens is 2. The van der Waals surface area contributed by atoms with Gasteiger partial charge < -0.3 is 10.1 Å². The van der Waals surface area contributed by atoms with Crippen LogP contribution >= 0.6 is 0 Å². The van der Waals surface area contributed by atoms with Crippen LogP contribution in [0.1, 0.15) is 17.2 Å². The molecule has 0 spiro atoms. The molecule has 4 rings (SSSR count). The van der Waals surface area contributed by atoms with Crippen LogP contribution < -0.4 is 5.32 Å². The third-order valence-corrected chi connectivity index (χ3v) is 4.89. The van der Waals surface area contributed by atoms with Crippen molar-refractivity contribution in [2.24, 2.45) is 10.2 Å². The van der Waals surface area contributed by atoms with E-state index in [1.165, 1.54) is 0 Å². The summed E-state index contributed by atoms with van der Waals surface area (Å²) in [6.07, 6.45) is 3.70. The molecule has 8 heteroatoms. The Morgan fingerprint density at radius 1 is 1.28 bits per heavy atom. The molecule has 148 valence electrons. The summed E-state index contributed by atoms with van der Waals surface area (Å²) < 4.78 is 5.12. The molecule has 3 aromatic rings. The van der Waals surface area contributed by atoms with Crippen LogP contribution in [-0.2, 0) is 11.3 Å². The molecule has 3 heterocycles. The van der Waals surface area contributed by atoms with Gasteiger partial charge in [0.2, 0.25) is 0 Å². The number of anilines is 1. The Hall–Kier alpha value is -3.39. The van der Waals surface area contributed by atoms with Crippen LogP contribution in [-0.4, -0.2) is 48.0 Å². The molecule has 0 saturated carbocycles. The second-order valence-corrected chi connectivity index (χ2v) is 6.88. The van der Waals surface area contributed by atoms with Gasteiger partial charge in [0.25, 0.3) is 0 Å². The Bertz CT molecular complexity index is 1040. The highest BCUT2D eigenvalue weighted by Gasteiger charge is 2.21. The summed E-state index contributed by atoms with van der Waals surface area (Å²) in [4.78, 5) is 9.08. The number of nitrogens with one attached hydrogen (secondary N) is 2. The van der Waals surface area contributed by atoms with E-state index in [0.29, 0.717) is 24.7 Å². The second-order valence-electron chi connectivity index (χ2n) is 6.88. The molecular formula is C21H23N7O. The molecule has 29 heavy (non-hydrogen) atoms. The van der Waals surface area contributed by atoms with Gasteiger partial charge in [-0.25, -0.2) is 10.5 Å². The monoisotopic (exact) mass is 389 g/mol. The molecule has 0 bridgehead atoms. The number of nitrogens with zero attached hydrogens (tertiary/aromatic N) is 5. The number of hydrazone groups is 1. The number of ether oxygens (including phenoxy) is 1. The van der Waals surface area contributed by atoms with Crippen molar-refractivity contribution in [1.29, 1.82) is 5.53 Å². The lowest BCUT2D eigenvalue weighted by molar-refractivity contribution is 0.155. The van der Waals surface area contributed by atoms with E-state index in [9.17, 15) is 0 Å². The zero-order valence-corrected chi connectivity index (χ0v) is 16.2. The molecule has 0 saturated heterocycles. The molecule has 2 aromatic heterocycles. The lowest BCUT2D eigenvalue weighted by Crippen LogP contribution is -2.22. The van der Waals surface area contributed by atoms with Crippen molar-refractivity contribution in [2.75, 3.05) is 32.1 Å². The van der Waals surface area contributed by atoms with Crippen LogP contribution in [0.25, 0.3) is 10.9 Å². The second kappa shape index (κ2) is 8.74. The number of benzene rings is 1. The topological polar surface area (TPSA) is 98.8 Å². The zero-order valence-electron chi connectivity index (χ0n) is 16.2. The maximum absolute atomic E-state index is 7.45. The van der Waals surface area contributed by atoms with Gasteiger partial charge in [0, 0.05) is 38.0 Å². The average molecular weight is 389 g/mol. The summed E-state index contributed by atoms with van der Waals surface area (Å²) >= 11 is 0. The Balaban J connectivity index is 1.48. The molecule has 0 amide bonds. The Labute approximate surface area is 169 Å². The highest BCUT2D eigenvalue weighted by Crippen LogP contribution is 2.28. The van der Waals surface area contributed by atoms with Gasteiger partial charge in [0.1, 0.15) is 5.69 Å². The van der Waals surface area contributed by atoms with E-state index in [1.54, 1.807) is 13.3 Å². The Morgan fingerprint density at radius 3 is 3.07 bits per heavy atom. The predicted octanol–water partition coefficient (Wildman–Crippen LogP) is 3.94. The number of hydrogen-bond acceptors (Lipinski definition) is 8. The highest BCUT2D eigenvalue weighted by atomic mass is 16.5. The van der Waals surface area contributed by atoms with E-state index < -0.39 is 0 Å². The molecule has 1 atom stereocenters. The molecule has 1 unspecified atom stereocenters. The Kier molecular flexibility index (Phi) is 5.71. The van der Waals surface area contributed by atoms with E-state index in [0.717, 1.165) is 35.2 Å². The fourth-order valence-corrected chi connectivity index (χ4v) is 3.33. The summed E-state index contributed by atoms with van der Waals surface area (Å²) in [5, 5.41) is 14.4. The zero-order chi connectivity index (χ0) is 20.1. The molecule has 1 aromatic carbocycles. The average Bonchev–Trinajstić information content (AvgIpc) is 3.25. The maximum atomic E-state index is 7.45. The van der Waals surface area contributed by atoms with Gasteiger partial charge in [-0.1, -0.05) is 12.1 Å².